The summed E-state index contributed by atoms with van der Waals surface area (Å²) in [7, 11) is 0. The Morgan fingerprint density at radius 3 is 2.56 bits per heavy atom. The van der Waals surface area contributed by atoms with Crippen LogP contribution >= 0.6 is 11.3 Å². The highest BCUT2D eigenvalue weighted by atomic mass is 32.1. The van der Waals surface area contributed by atoms with Gasteiger partial charge in [-0.05, 0) is 19.8 Å². The summed E-state index contributed by atoms with van der Waals surface area (Å²) in [4.78, 5) is 5.31. The second-order valence-electron chi connectivity index (χ2n) is 3.98. The van der Waals surface area contributed by atoms with Crippen LogP contribution in [0.15, 0.2) is 11.7 Å². The van der Waals surface area contributed by atoms with Crippen LogP contribution in [0.25, 0.3) is 0 Å². The molecule has 0 aliphatic rings. The van der Waals surface area contributed by atoms with Crippen LogP contribution in [0.1, 0.15) is 38.5 Å². The molecule has 0 fully saturated rings. The first-order chi connectivity index (χ1) is 7.68. The Morgan fingerprint density at radius 1 is 1.44 bits per heavy atom. The third-order valence-corrected chi connectivity index (χ3v) is 4.01. The molecular formula is C12H22N2OS. The fourth-order valence-corrected chi connectivity index (χ4v) is 2.77. The van der Waals surface area contributed by atoms with Gasteiger partial charge in [-0.3, -0.25) is 4.98 Å². The highest BCUT2D eigenvalue weighted by Gasteiger charge is 2.34. The smallest absolute Gasteiger partial charge is 0.0830 e. The maximum atomic E-state index is 6.31. The lowest BCUT2D eigenvalue weighted by atomic mass is 9.86. The van der Waals surface area contributed by atoms with Crippen LogP contribution < -0.4 is 5.73 Å². The van der Waals surface area contributed by atoms with Crippen molar-refractivity contribution in [3.05, 3.63) is 16.6 Å². The number of thiazole rings is 1. The van der Waals surface area contributed by atoms with Crippen LogP contribution in [-0.2, 0) is 11.2 Å². The molecular weight excluding hydrogens is 220 g/mol. The molecule has 0 radical (unpaired) electrons. The predicted octanol–water partition coefficient (Wildman–Crippen LogP) is 2.61. The molecule has 0 aliphatic carbocycles. The van der Waals surface area contributed by atoms with Crippen molar-refractivity contribution in [1.29, 1.82) is 0 Å². The largest absolute Gasteiger partial charge is 0.374 e. The van der Waals surface area contributed by atoms with Crippen LogP contribution in [0.5, 0.6) is 0 Å². The summed E-state index contributed by atoms with van der Waals surface area (Å²) < 4.78 is 5.90. The molecule has 1 aromatic heterocycles. The van der Waals surface area contributed by atoms with E-state index < -0.39 is 0 Å². The van der Waals surface area contributed by atoms with E-state index in [-0.39, 0.29) is 11.6 Å². The van der Waals surface area contributed by atoms with E-state index in [1.165, 1.54) is 4.88 Å². The van der Waals surface area contributed by atoms with Gasteiger partial charge in [-0.1, -0.05) is 13.8 Å². The van der Waals surface area contributed by atoms with Gasteiger partial charge < -0.3 is 10.5 Å². The van der Waals surface area contributed by atoms with Gasteiger partial charge in [0, 0.05) is 30.1 Å². The third kappa shape index (κ3) is 3.03. The van der Waals surface area contributed by atoms with Crippen molar-refractivity contribution in [1.82, 2.24) is 4.98 Å². The molecule has 0 saturated heterocycles. The molecule has 4 heteroatoms. The van der Waals surface area contributed by atoms with Crippen molar-refractivity contribution < 1.29 is 4.74 Å². The monoisotopic (exact) mass is 242 g/mol. The van der Waals surface area contributed by atoms with Gasteiger partial charge in [-0.25, -0.2) is 0 Å². The third-order valence-electron chi connectivity index (χ3n) is 3.21. The Morgan fingerprint density at radius 2 is 2.12 bits per heavy atom. The fraction of sp³-hybridized carbons (Fsp3) is 0.750. The van der Waals surface area contributed by atoms with Crippen LogP contribution in [0.4, 0.5) is 0 Å². The van der Waals surface area contributed by atoms with E-state index >= 15 is 0 Å². The van der Waals surface area contributed by atoms with Crippen LogP contribution in [-0.4, -0.2) is 23.2 Å². The Balaban J connectivity index is 2.70. The lowest BCUT2D eigenvalue weighted by Crippen LogP contribution is -2.50. The first kappa shape index (κ1) is 13.6. The second kappa shape index (κ2) is 6.33. The predicted molar refractivity (Wildman–Crippen MR) is 68.7 cm³/mol. The van der Waals surface area contributed by atoms with Crippen molar-refractivity contribution in [3.8, 4) is 0 Å². The molecule has 2 N–H and O–H groups in total. The topological polar surface area (TPSA) is 48.1 Å². The first-order valence-corrected chi connectivity index (χ1v) is 6.83. The Hall–Kier alpha value is -0.450. The van der Waals surface area contributed by atoms with Crippen molar-refractivity contribution in [2.45, 2.75) is 51.7 Å². The lowest BCUT2D eigenvalue weighted by Gasteiger charge is -2.37. The minimum Gasteiger partial charge on any atom is -0.374 e. The summed E-state index contributed by atoms with van der Waals surface area (Å²) in [5, 5.41) is 0. The normalized spacial score (nSPS) is 14.0. The summed E-state index contributed by atoms with van der Waals surface area (Å²) in [6, 6.07) is 0.0444. The highest BCUT2D eigenvalue weighted by Crippen LogP contribution is 2.26. The van der Waals surface area contributed by atoms with Gasteiger partial charge in [0.05, 0.1) is 11.1 Å². The molecule has 0 spiro atoms. The van der Waals surface area contributed by atoms with E-state index in [1.807, 2.05) is 18.6 Å². The van der Waals surface area contributed by atoms with E-state index in [1.54, 1.807) is 11.3 Å². The summed E-state index contributed by atoms with van der Waals surface area (Å²) in [5.74, 6) is 0. The summed E-state index contributed by atoms with van der Waals surface area (Å²) in [5.41, 5.74) is 7.97. The molecule has 1 heterocycles. The standard InChI is InChI=1S/C12H22N2OS/c1-4-12(5-2,15-6-3)11(13)7-10-8-14-9-16-10/h8-9,11H,4-7,13H2,1-3H3. The molecule has 1 rings (SSSR count). The average molecular weight is 242 g/mol. The van der Waals surface area contributed by atoms with E-state index in [0.717, 1.165) is 25.9 Å². The van der Waals surface area contributed by atoms with Gasteiger partial charge in [-0.15, -0.1) is 11.3 Å². The summed E-state index contributed by atoms with van der Waals surface area (Å²) >= 11 is 1.66. The molecule has 0 aromatic carbocycles. The maximum absolute atomic E-state index is 6.31. The van der Waals surface area contributed by atoms with Crippen LogP contribution in [0.2, 0.25) is 0 Å². The van der Waals surface area contributed by atoms with E-state index in [0.29, 0.717) is 0 Å². The van der Waals surface area contributed by atoms with E-state index in [9.17, 15) is 0 Å². The number of nitrogens with zero attached hydrogens (tertiary/aromatic N) is 1. The molecule has 1 atom stereocenters. The van der Waals surface area contributed by atoms with Crippen molar-refractivity contribution >= 4 is 11.3 Å². The second-order valence-corrected chi connectivity index (χ2v) is 4.95. The minimum atomic E-state index is -0.182. The van der Waals surface area contributed by atoms with Gasteiger partial charge in [0.2, 0.25) is 0 Å². The molecule has 1 unspecified atom stereocenters. The van der Waals surface area contributed by atoms with Crippen molar-refractivity contribution in [2.24, 2.45) is 5.73 Å². The lowest BCUT2D eigenvalue weighted by molar-refractivity contribution is -0.0632. The highest BCUT2D eigenvalue weighted by molar-refractivity contribution is 7.09. The maximum Gasteiger partial charge on any atom is 0.0830 e. The van der Waals surface area contributed by atoms with Gasteiger partial charge in [0.15, 0.2) is 0 Å². The number of hydrogen-bond donors (Lipinski definition) is 1. The van der Waals surface area contributed by atoms with Gasteiger partial charge in [0.25, 0.3) is 0 Å². The minimum absolute atomic E-state index is 0.0444. The number of ether oxygens (including phenoxy) is 1. The number of hydrogen-bond acceptors (Lipinski definition) is 4. The van der Waals surface area contributed by atoms with Crippen molar-refractivity contribution in [3.63, 3.8) is 0 Å². The molecule has 0 saturated carbocycles. The molecule has 0 bridgehead atoms. The van der Waals surface area contributed by atoms with E-state index in [2.05, 4.69) is 18.8 Å². The zero-order valence-electron chi connectivity index (χ0n) is 10.4. The zero-order chi connectivity index (χ0) is 12.0. The number of rotatable bonds is 7. The number of aromatic nitrogens is 1. The van der Waals surface area contributed by atoms with Gasteiger partial charge in [0.1, 0.15) is 0 Å². The number of nitrogens with two attached hydrogens (primary N) is 1. The zero-order valence-corrected chi connectivity index (χ0v) is 11.2. The fourth-order valence-electron chi connectivity index (χ4n) is 2.12. The molecule has 16 heavy (non-hydrogen) atoms. The molecule has 92 valence electrons. The average Bonchev–Trinajstić information content (AvgIpc) is 2.78. The quantitative estimate of drug-likeness (QED) is 0.799. The van der Waals surface area contributed by atoms with Gasteiger partial charge >= 0.3 is 0 Å². The Kier molecular flexibility index (Phi) is 5.38. The van der Waals surface area contributed by atoms with Gasteiger partial charge in [-0.2, -0.15) is 0 Å². The van der Waals surface area contributed by atoms with Crippen LogP contribution in [0.3, 0.4) is 0 Å². The van der Waals surface area contributed by atoms with E-state index in [4.69, 9.17) is 10.5 Å². The van der Waals surface area contributed by atoms with Crippen molar-refractivity contribution in [2.75, 3.05) is 6.61 Å². The molecule has 1 aromatic rings. The molecule has 0 aliphatic heterocycles. The molecule has 0 amide bonds. The van der Waals surface area contributed by atoms with Crippen LogP contribution in [0, 0.1) is 0 Å². The summed E-state index contributed by atoms with van der Waals surface area (Å²) in [6.45, 7) is 7.04. The molecule has 3 nitrogen and oxygen atoms in total. The SMILES string of the molecule is CCOC(CC)(CC)C(N)Cc1cncs1. The summed E-state index contributed by atoms with van der Waals surface area (Å²) in [6.07, 6.45) is 4.66. The Labute approximate surface area is 102 Å². The first-order valence-electron chi connectivity index (χ1n) is 5.95. The Bertz CT molecular complexity index is 283.